The Morgan fingerprint density at radius 1 is 0.356 bits per heavy atom. The van der Waals surface area contributed by atoms with Crippen molar-refractivity contribution in [1.29, 1.82) is 0 Å². The van der Waals surface area contributed by atoms with E-state index in [1.165, 1.54) is 54.6 Å². The number of aromatic hydroxyl groups is 8. The van der Waals surface area contributed by atoms with Gasteiger partial charge in [0.2, 0.25) is 0 Å². The Labute approximate surface area is 414 Å². The highest BCUT2D eigenvalue weighted by molar-refractivity contribution is 5.76. The van der Waals surface area contributed by atoms with E-state index in [4.69, 9.17) is 14.2 Å². The molecule has 6 aromatic rings. The van der Waals surface area contributed by atoms with E-state index < -0.39 is 133 Å². The van der Waals surface area contributed by atoms with Crippen LogP contribution in [0, 0.1) is 0 Å². The minimum atomic E-state index is -1.97. The maximum atomic E-state index is 13.3. The minimum Gasteiger partial charge on any atom is -0.508 e. The molecule has 2 saturated heterocycles. The summed E-state index contributed by atoms with van der Waals surface area (Å²) < 4.78 is 19.1. The summed E-state index contributed by atoms with van der Waals surface area (Å²) >= 11 is 0. The van der Waals surface area contributed by atoms with Crippen LogP contribution in [0.25, 0.3) is 0 Å². The third-order valence-electron chi connectivity index (χ3n) is 15.6. The van der Waals surface area contributed by atoms with Crippen molar-refractivity contribution in [3.8, 4) is 51.7 Å². The zero-order valence-corrected chi connectivity index (χ0v) is 38.3. The number of ether oxygens (including phenoxy) is 3. The smallest absolute Gasteiger partial charge is 0.135 e. The summed E-state index contributed by atoms with van der Waals surface area (Å²) in [5.74, 6) is -8.04. The Morgan fingerprint density at radius 3 is 1.30 bits per heavy atom. The number of hydrogen-bond acceptors (Lipinski definition) is 19. The predicted octanol–water partition coefficient (Wildman–Crippen LogP) is 2.79. The van der Waals surface area contributed by atoms with Crippen LogP contribution in [0.2, 0.25) is 0 Å². The van der Waals surface area contributed by atoms with Crippen LogP contribution in [0.4, 0.5) is 0 Å². The first-order valence-corrected chi connectivity index (χ1v) is 23.6. The normalized spacial score (nSPS) is 32.1. The molecule has 0 amide bonds. The van der Waals surface area contributed by atoms with E-state index in [0.717, 1.165) is 6.07 Å². The van der Waals surface area contributed by atoms with Gasteiger partial charge in [-0.25, -0.2) is 0 Å². The second-order valence-corrected chi connectivity index (χ2v) is 19.6. The number of phenolic OH excluding ortho intramolecular Hbond substituents is 8. The second kappa shape index (κ2) is 18.0. The number of rotatable bonds is 8. The highest BCUT2D eigenvalue weighted by atomic mass is 16.6. The zero-order chi connectivity index (χ0) is 51.6. The van der Waals surface area contributed by atoms with Gasteiger partial charge in [0.05, 0.1) is 30.3 Å². The van der Waals surface area contributed by atoms with Crippen molar-refractivity contribution in [3.63, 3.8) is 0 Å². The summed E-state index contributed by atoms with van der Waals surface area (Å²) in [4.78, 5) is 0. The molecule has 3 aliphatic heterocycles. The molecule has 2 fully saturated rings. The molecule has 16 N–H and O–H groups in total. The second-order valence-electron chi connectivity index (χ2n) is 19.6. The Balaban J connectivity index is 1.26. The molecule has 0 saturated carbocycles. The van der Waals surface area contributed by atoms with Crippen LogP contribution in [0.15, 0.2) is 97.1 Å². The van der Waals surface area contributed by atoms with E-state index in [0.29, 0.717) is 22.3 Å². The number of phenols is 8. The molecule has 6 aromatic carbocycles. The van der Waals surface area contributed by atoms with Crippen LogP contribution in [-0.2, 0) is 9.47 Å². The molecule has 382 valence electrons. The molecular weight excluding hydrogens is 953 g/mol. The lowest BCUT2D eigenvalue weighted by Crippen LogP contribution is -2.55. The van der Waals surface area contributed by atoms with Crippen molar-refractivity contribution in [2.45, 2.75) is 96.7 Å². The Hall–Kier alpha value is -6.88. The van der Waals surface area contributed by atoms with Gasteiger partial charge in [0, 0.05) is 46.4 Å². The summed E-state index contributed by atoms with van der Waals surface area (Å²) in [6, 6.07) is 23.3. The number of fused-ring (bicyclic) bond motifs is 7. The molecule has 2 aliphatic carbocycles. The fourth-order valence-electron chi connectivity index (χ4n) is 12.4. The van der Waals surface area contributed by atoms with E-state index in [2.05, 4.69) is 0 Å². The third kappa shape index (κ3) is 7.41. The standard InChI is InChI=1S/C54H52O19/c55-17-30-43(63)47(67)49(69)53(71-30)37-29(62)16-28-35-32(19-1-7-23(57)8-2-19)40-39(38(35)33(36(28)45(37)65)20-3-9-24(58)10-4-20)41-34(22-13-26(60)15-27(61)14-22)51(21-5-11-25(59)12-6-21)73-52(41)42(46(40)66)54-50(70)48(68)44(64)31(18-56)72-54/h1-16,30-35,38,43-44,47-51,53-70H,17-18H2/t30-,31-,32+,33-,34-,35-,38-,43-,44-,47+,48+,49-,50-,51-,53+,54+/m1/s1. The third-order valence-corrected chi connectivity index (χ3v) is 15.6. The van der Waals surface area contributed by atoms with Gasteiger partial charge < -0.3 is 95.9 Å². The molecule has 73 heavy (non-hydrogen) atoms. The maximum Gasteiger partial charge on any atom is 0.135 e. The predicted molar refractivity (Wildman–Crippen MR) is 252 cm³/mol. The van der Waals surface area contributed by atoms with Gasteiger partial charge >= 0.3 is 0 Å². The fraction of sp³-hybridized carbons (Fsp3) is 0.333. The summed E-state index contributed by atoms with van der Waals surface area (Å²) in [6.45, 7) is -1.65. The molecule has 3 heterocycles. The van der Waals surface area contributed by atoms with Crippen molar-refractivity contribution < 1.29 is 95.9 Å². The molecule has 16 atom stereocenters. The summed E-state index contributed by atoms with van der Waals surface area (Å²) in [6.07, 6.45) is -18.9. The van der Waals surface area contributed by atoms with E-state index in [1.807, 2.05) is 0 Å². The quantitative estimate of drug-likeness (QED) is 0.104. The molecule has 0 bridgehead atoms. The first-order valence-electron chi connectivity index (χ1n) is 23.6. The summed E-state index contributed by atoms with van der Waals surface area (Å²) in [5.41, 5.74) is 2.20. The van der Waals surface area contributed by atoms with Crippen molar-refractivity contribution in [3.05, 3.63) is 158 Å². The van der Waals surface area contributed by atoms with E-state index in [-0.39, 0.29) is 67.9 Å². The first kappa shape index (κ1) is 48.4. The molecule has 0 unspecified atom stereocenters. The lowest BCUT2D eigenvalue weighted by atomic mass is 9.74. The van der Waals surface area contributed by atoms with Gasteiger partial charge in [-0.2, -0.15) is 0 Å². The number of aliphatic hydroxyl groups excluding tert-OH is 8. The topological polar surface area (TPSA) is 351 Å². The van der Waals surface area contributed by atoms with Gasteiger partial charge in [0.25, 0.3) is 0 Å². The van der Waals surface area contributed by atoms with Crippen LogP contribution in [-0.4, -0.2) is 144 Å². The summed E-state index contributed by atoms with van der Waals surface area (Å²) in [5, 5.41) is 180. The molecule has 11 rings (SSSR count). The molecule has 0 spiro atoms. The van der Waals surface area contributed by atoms with Gasteiger partial charge in [0.15, 0.2) is 0 Å². The maximum absolute atomic E-state index is 13.3. The number of benzene rings is 6. The van der Waals surface area contributed by atoms with Crippen LogP contribution in [0.5, 0.6) is 51.7 Å². The molecule has 19 heteroatoms. The monoisotopic (exact) mass is 1000 g/mol. The van der Waals surface area contributed by atoms with E-state index in [9.17, 15) is 81.7 Å². The van der Waals surface area contributed by atoms with Gasteiger partial charge in [-0.05, 0) is 88.0 Å². The van der Waals surface area contributed by atoms with Crippen molar-refractivity contribution in [2.24, 2.45) is 0 Å². The largest absolute Gasteiger partial charge is 0.508 e. The van der Waals surface area contributed by atoms with Gasteiger partial charge in [0.1, 0.15) is 119 Å². The lowest BCUT2D eigenvalue weighted by molar-refractivity contribution is -0.232. The molecule has 0 radical (unpaired) electrons. The van der Waals surface area contributed by atoms with E-state index in [1.54, 1.807) is 36.4 Å². The van der Waals surface area contributed by atoms with Gasteiger partial charge in [-0.3, -0.25) is 0 Å². The average molecular weight is 1000 g/mol. The Bertz CT molecular complexity index is 3070. The highest BCUT2D eigenvalue weighted by Crippen LogP contribution is 2.74. The van der Waals surface area contributed by atoms with E-state index >= 15 is 0 Å². The van der Waals surface area contributed by atoms with Crippen molar-refractivity contribution >= 4 is 0 Å². The van der Waals surface area contributed by atoms with Gasteiger partial charge in [-0.15, -0.1) is 0 Å². The SMILES string of the molecule is OC[C@H]1O[C@@H](c2c(O)cc3c(c2O)[C@@H](c2ccc(O)cc2)[C@H]2c4c(c(O)c([C@@H]5O[C@H](CO)[C@@H](O)[C@H](O)[C@H]5O)c5c4[C@@H](c4cc(O)cc(O)c4)[C@@H](c4ccc(O)cc4)O5)[C@@H](c4ccc(O)cc4)[C@@H]32)[C@H](O)[C@@H](O)[C@@H]1O. The van der Waals surface area contributed by atoms with Gasteiger partial charge in [-0.1, -0.05) is 36.4 Å². The Morgan fingerprint density at radius 2 is 0.808 bits per heavy atom. The number of hydrogen-bond donors (Lipinski definition) is 16. The van der Waals surface area contributed by atoms with Crippen molar-refractivity contribution in [2.75, 3.05) is 13.2 Å². The van der Waals surface area contributed by atoms with Crippen LogP contribution >= 0.6 is 0 Å². The zero-order valence-electron chi connectivity index (χ0n) is 38.3. The van der Waals surface area contributed by atoms with Crippen LogP contribution in [0.3, 0.4) is 0 Å². The lowest BCUT2D eigenvalue weighted by Gasteiger charge is -2.41. The van der Waals surface area contributed by atoms with Crippen LogP contribution in [0.1, 0.15) is 109 Å². The Kier molecular flexibility index (Phi) is 11.9. The van der Waals surface area contributed by atoms with Crippen LogP contribution < -0.4 is 4.74 Å². The summed E-state index contributed by atoms with van der Waals surface area (Å²) in [7, 11) is 0. The highest BCUT2D eigenvalue weighted by Gasteiger charge is 2.60. The fourth-order valence-corrected chi connectivity index (χ4v) is 12.4. The molecular formula is C54H52O19. The first-order chi connectivity index (χ1) is 34.9. The van der Waals surface area contributed by atoms with Crippen molar-refractivity contribution in [1.82, 2.24) is 0 Å². The molecule has 5 aliphatic rings. The average Bonchev–Trinajstić information content (AvgIpc) is 4.03. The molecule has 0 aromatic heterocycles. The minimum absolute atomic E-state index is 0.0995. The number of aliphatic hydroxyl groups is 8. The molecule has 19 nitrogen and oxygen atoms in total.